The molecule has 26 heavy (non-hydrogen) atoms. The Morgan fingerprint density at radius 3 is 2.69 bits per heavy atom. The lowest BCUT2D eigenvalue weighted by Crippen LogP contribution is -2.57. The van der Waals surface area contributed by atoms with Gasteiger partial charge in [-0.05, 0) is 29.8 Å². The molecule has 1 N–H and O–H groups in total. The number of carbonyl (C=O) groups is 1. The maximum absolute atomic E-state index is 12.4. The number of ether oxygens (including phenoxy) is 1. The zero-order chi connectivity index (χ0) is 17.9. The Balaban J connectivity index is 1.38. The standard InChI is InChI=1S/C20H23N3O3/c24-12-17-4-3-16-11-15(1-5-19(16)21-17)2-6-20(25)23-9-7-22(8-10-23)18-13-26-14-18/h1-6,11,18,24H,7-10,12-14H2/b6-2+. The Morgan fingerprint density at radius 1 is 1.19 bits per heavy atom. The molecule has 0 radical (unpaired) electrons. The van der Waals surface area contributed by atoms with Gasteiger partial charge >= 0.3 is 0 Å². The molecule has 0 saturated carbocycles. The number of fused-ring (bicyclic) bond motifs is 1. The van der Waals surface area contributed by atoms with Crippen LogP contribution in [0.4, 0.5) is 0 Å². The van der Waals surface area contributed by atoms with Gasteiger partial charge in [0.2, 0.25) is 5.91 Å². The average Bonchev–Trinajstić information content (AvgIpc) is 2.64. The van der Waals surface area contributed by atoms with Gasteiger partial charge in [0.25, 0.3) is 0 Å². The van der Waals surface area contributed by atoms with Crippen molar-refractivity contribution in [1.82, 2.24) is 14.8 Å². The lowest BCUT2D eigenvalue weighted by molar-refractivity contribution is -0.130. The molecule has 2 saturated heterocycles. The highest BCUT2D eigenvalue weighted by Gasteiger charge is 2.29. The van der Waals surface area contributed by atoms with Crippen molar-refractivity contribution in [3.05, 3.63) is 47.7 Å². The molecular formula is C20H23N3O3. The van der Waals surface area contributed by atoms with Crippen LogP contribution < -0.4 is 0 Å². The van der Waals surface area contributed by atoms with Crippen LogP contribution in [0, 0.1) is 0 Å². The zero-order valence-corrected chi connectivity index (χ0v) is 14.7. The highest BCUT2D eigenvalue weighted by atomic mass is 16.5. The van der Waals surface area contributed by atoms with E-state index >= 15 is 0 Å². The number of aliphatic hydroxyl groups is 1. The van der Waals surface area contributed by atoms with Gasteiger partial charge in [0.05, 0.1) is 37.1 Å². The van der Waals surface area contributed by atoms with Crippen LogP contribution in [-0.4, -0.2) is 71.2 Å². The van der Waals surface area contributed by atoms with Crippen LogP contribution in [0.1, 0.15) is 11.3 Å². The summed E-state index contributed by atoms with van der Waals surface area (Å²) in [6.07, 6.45) is 3.51. The summed E-state index contributed by atoms with van der Waals surface area (Å²) in [6.45, 7) is 4.96. The molecule has 1 aromatic carbocycles. The molecule has 0 unspecified atom stereocenters. The van der Waals surface area contributed by atoms with E-state index in [1.807, 2.05) is 41.3 Å². The molecule has 4 rings (SSSR count). The van der Waals surface area contributed by atoms with Crippen molar-refractivity contribution >= 4 is 22.9 Å². The van der Waals surface area contributed by atoms with Crippen molar-refractivity contribution in [1.29, 1.82) is 0 Å². The number of pyridine rings is 1. The molecule has 0 bridgehead atoms. The summed E-state index contributed by atoms with van der Waals surface area (Å²) in [5.74, 6) is 0.0587. The third kappa shape index (κ3) is 3.62. The second-order valence-electron chi connectivity index (χ2n) is 6.80. The number of hydrogen-bond donors (Lipinski definition) is 1. The normalized spacial score (nSPS) is 19.2. The molecule has 2 aromatic rings. The van der Waals surface area contributed by atoms with Gasteiger partial charge in [0.1, 0.15) is 0 Å². The molecule has 1 amide bonds. The van der Waals surface area contributed by atoms with Crippen molar-refractivity contribution in [2.75, 3.05) is 39.4 Å². The molecule has 3 heterocycles. The van der Waals surface area contributed by atoms with E-state index in [0.29, 0.717) is 11.7 Å². The molecule has 2 aliphatic heterocycles. The van der Waals surface area contributed by atoms with E-state index < -0.39 is 0 Å². The highest BCUT2D eigenvalue weighted by Crippen LogP contribution is 2.17. The van der Waals surface area contributed by atoms with Gasteiger partial charge in [-0.2, -0.15) is 0 Å². The molecule has 0 aliphatic carbocycles. The Labute approximate surface area is 152 Å². The van der Waals surface area contributed by atoms with Crippen molar-refractivity contribution in [3.8, 4) is 0 Å². The summed E-state index contributed by atoms with van der Waals surface area (Å²) >= 11 is 0. The van der Waals surface area contributed by atoms with Crippen LogP contribution in [-0.2, 0) is 16.1 Å². The predicted molar refractivity (Wildman–Crippen MR) is 99.5 cm³/mol. The van der Waals surface area contributed by atoms with Crippen LogP contribution in [0.3, 0.4) is 0 Å². The minimum atomic E-state index is -0.0624. The molecule has 136 valence electrons. The Morgan fingerprint density at radius 2 is 2.00 bits per heavy atom. The summed E-state index contributed by atoms with van der Waals surface area (Å²) in [7, 11) is 0. The van der Waals surface area contributed by atoms with Crippen LogP contribution in [0.5, 0.6) is 0 Å². The van der Waals surface area contributed by atoms with E-state index in [2.05, 4.69) is 9.88 Å². The first-order chi connectivity index (χ1) is 12.7. The second-order valence-corrected chi connectivity index (χ2v) is 6.80. The molecule has 6 heteroatoms. The monoisotopic (exact) mass is 353 g/mol. The van der Waals surface area contributed by atoms with E-state index in [-0.39, 0.29) is 12.5 Å². The number of nitrogens with zero attached hydrogens (tertiary/aromatic N) is 3. The van der Waals surface area contributed by atoms with Crippen molar-refractivity contribution in [2.45, 2.75) is 12.6 Å². The molecule has 0 atom stereocenters. The van der Waals surface area contributed by atoms with Crippen LogP contribution in [0.25, 0.3) is 17.0 Å². The summed E-state index contributed by atoms with van der Waals surface area (Å²) in [5.41, 5.74) is 2.47. The first kappa shape index (κ1) is 17.1. The summed E-state index contributed by atoms with van der Waals surface area (Å²) in [6, 6.07) is 10.2. The number of benzene rings is 1. The maximum atomic E-state index is 12.4. The number of rotatable bonds is 4. The largest absolute Gasteiger partial charge is 0.390 e. The summed E-state index contributed by atoms with van der Waals surface area (Å²) < 4.78 is 5.24. The fourth-order valence-electron chi connectivity index (χ4n) is 3.39. The van der Waals surface area contributed by atoms with Gasteiger partial charge in [-0.15, -0.1) is 0 Å². The number of carbonyl (C=O) groups excluding carboxylic acids is 1. The predicted octanol–water partition coefficient (Wildman–Crippen LogP) is 1.28. The van der Waals surface area contributed by atoms with Gasteiger partial charge in [0.15, 0.2) is 0 Å². The minimum absolute atomic E-state index is 0.0587. The summed E-state index contributed by atoms with van der Waals surface area (Å²) in [4.78, 5) is 21.1. The number of hydrogen-bond acceptors (Lipinski definition) is 5. The molecule has 2 aliphatic rings. The van der Waals surface area contributed by atoms with Crippen molar-refractivity contribution in [2.24, 2.45) is 0 Å². The average molecular weight is 353 g/mol. The molecule has 1 aromatic heterocycles. The Hall–Kier alpha value is -2.28. The lowest BCUT2D eigenvalue weighted by Gasteiger charge is -2.42. The topological polar surface area (TPSA) is 65.9 Å². The van der Waals surface area contributed by atoms with E-state index in [4.69, 9.17) is 9.84 Å². The quantitative estimate of drug-likeness (QED) is 0.839. The van der Waals surface area contributed by atoms with Gasteiger partial charge in [-0.25, -0.2) is 0 Å². The van der Waals surface area contributed by atoms with Crippen molar-refractivity contribution in [3.63, 3.8) is 0 Å². The molecular weight excluding hydrogens is 330 g/mol. The minimum Gasteiger partial charge on any atom is -0.390 e. The molecule has 6 nitrogen and oxygen atoms in total. The summed E-state index contributed by atoms with van der Waals surface area (Å²) in [5, 5.41) is 10.2. The van der Waals surface area contributed by atoms with Gasteiger partial charge in [0, 0.05) is 37.6 Å². The van der Waals surface area contributed by atoms with Gasteiger partial charge in [-0.1, -0.05) is 12.1 Å². The van der Waals surface area contributed by atoms with Gasteiger partial charge in [-0.3, -0.25) is 14.7 Å². The fraction of sp³-hybridized carbons (Fsp3) is 0.400. The van der Waals surface area contributed by atoms with Crippen LogP contribution >= 0.6 is 0 Å². The van der Waals surface area contributed by atoms with E-state index in [9.17, 15) is 4.79 Å². The first-order valence-electron chi connectivity index (χ1n) is 9.02. The SMILES string of the molecule is O=C(/C=C/c1ccc2nc(CO)ccc2c1)N1CCN(C2COC2)CC1. The maximum Gasteiger partial charge on any atom is 0.246 e. The highest BCUT2D eigenvalue weighted by molar-refractivity contribution is 5.92. The number of amides is 1. The third-order valence-electron chi connectivity index (χ3n) is 5.11. The van der Waals surface area contributed by atoms with Crippen LogP contribution in [0.15, 0.2) is 36.4 Å². The number of aliphatic hydroxyl groups excluding tert-OH is 1. The van der Waals surface area contributed by atoms with E-state index in [1.54, 1.807) is 6.08 Å². The zero-order valence-electron chi connectivity index (χ0n) is 14.7. The van der Waals surface area contributed by atoms with E-state index in [1.165, 1.54) is 0 Å². The number of piperazine rings is 1. The van der Waals surface area contributed by atoms with Crippen LogP contribution in [0.2, 0.25) is 0 Å². The lowest BCUT2D eigenvalue weighted by atomic mass is 10.1. The third-order valence-corrected chi connectivity index (χ3v) is 5.11. The first-order valence-corrected chi connectivity index (χ1v) is 9.02. The number of aromatic nitrogens is 1. The second kappa shape index (κ2) is 7.53. The molecule has 0 spiro atoms. The Kier molecular flexibility index (Phi) is 4.97. The smallest absolute Gasteiger partial charge is 0.246 e. The molecule has 2 fully saturated rings. The van der Waals surface area contributed by atoms with Crippen molar-refractivity contribution < 1.29 is 14.6 Å². The van der Waals surface area contributed by atoms with E-state index in [0.717, 1.165) is 55.9 Å². The fourth-order valence-corrected chi connectivity index (χ4v) is 3.39. The van der Waals surface area contributed by atoms with Gasteiger partial charge < -0.3 is 14.7 Å². The Bertz CT molecular complexity index is 824.